The molecule has 7 heteroatoms. The van der Waals surface area contributed by atoms with E-state index in [2.05, 4.69) is 4.98 Å². The predicted molar refractivity (Wildman–Crippen MR) is 70.7 cm³/mol. The molecular weight excluding hydrogens is 272 g/mol. The first-order valence-electron chi connectivity index (χ1n) is 5.57. The van der Waals surface area contributed by atoms with Gasteiger partial charge in [-0.05, 0) is 25.0 Å². The minimum Gasteiger partial charge on any atom is -0.481 e. The highest BCUT2D eigenvalue weighted by atomic mass is 35.5. The Bertz CT molecular complexity index is 678. The average molecular weight is 283 g/mol. The Morgan fingerprint density at radius 3 is 2.79 bits per heavy atom. The van der Waals surface area contributed by atoms with E-state index in [1.54, 1.807) is 6.92 Å². The minimum absolute atomic E-state index is 0.0656. The third-order valence-corrected chi connectivity index (χ3v) is 3.30. The number of carboxylic acids is 1. The second kappa shape index (κ2) is 4.89. The lowest BCUT2D eigenvalue weighted by molar-refractivity contribution is -0.383. The van der Waals surface area contributed by atoms with Gasteiger partial charge in [0.2, 0.25) is 0 Å². The van der Waals surface area contributed by atoms with Gasteiger partial charge in [-0.15, -0.1) is 0 Å². The fourth-order valence-electron chi connectivity index (χ4n) is 2.14. The van der Waals surface area contributed by atoms with Crippen LogP contribution in [0.3, 0.4) is 0 Å². The van der Waals surface area contributed by atoms with Gasteiger partial charge in [0, 0.05) is 18.2 Å². The summed E-state index contributed by atoms with van der Waals surface area (Å²) in [6.07, 6.45) is 0.139. The predicted octanol–water partition coefficient (Wildman–Crippen LogP) is 3.06. The van der Waals surface area contributed by atoms with Crippen LogP contribution >= 0.6 is 11.6 Å². The van der Waals surface area contributed by atoms with Crippen molar-refractivity contribution in [3.05, 3.63) is 38.5 Å². The quantitative estimate of drug-likeness (QED) is 0.665. The third-order valence-electron chi connectivity index (χ3n) is 2.99. The van der Waals surface area contributed by atoms with Crippen LogP contribution < -0.4 is 0 Å². The van der Waals surface area contributed by atoms with Gasteiger partial charge in [-0.25, -0.2) is 0 Å². The smallest absolute Gasteiger partial charge is 0.303 e. The molecule has 100 valence electrons. The van der Waals surface area contributed by atoms with Crippen molar-refractivity contribution in [1.29, 1.82) is 0 Å². The number of nitrogens with zero attached hydrogens (tertiary/aromatic N) is 1. The summed E-state index contributed by atoms with van der Waals surface area (Å²) in [4.78, 5) is 24.2. The molecule has 2 N–H and O–H groups in total. The van der Waals surface area contributed by atoms with E-state index in [9.17, 15) is 14.9 Å². The van der Waals surface area contributed by atoms with Crippen LogP contribution in [0.25, 0.3) is 10.9 Å². The van der Waals surface area contributed by atoms with Crippen LogP contribution in [-0.4, -0.2) is 21.0 Å². The SMILES string of the molecule is Cc1[nH]c2c(Cl)ccc([N+](=O)[O-])c2c1CCC(=O)O. The number of non-ortho nitro benzene ring substituents is 1. The molecule has 1 heterocycles. The summed E-state index contributed by atoms with van der Waals surface area (Å²) >= 11 is 6.01. The molecule has 1 aromatic carbocycles. The fourth-order valence-corrected chi connectivity index (χ4v) is 2.35. The zero-order chi connectivity index (χ0) is 14.2. The number of aromatic nitrogens is 1. The highest BCUT2D eigenvalue weighted by molar-refractivity contribution is 6.35. The van der Waals surface area contributed by atoms with Gasteiger partial charge in [0.25, 0.3) is 5.69 Å². The van der Waals surface area contributed by atoms with Gasteiger partial charge in [0.05, 0.1) is 20.8 Å². The molecule has 1 aromatic heterocycles. The number of aliphatic carboxylic acids is 1. The van der Waals surface area contributed by atoms with Crippen LogP contribution in [0.2, 0.25) is 5.02 Å². The Morgan fingerprint density at radius 1 is 1.53 bits per heavy atom. The number of nitrogens with one attached hydrogen (secondary N) is 1. The average Bonchev–Trinajstić information content (AvgIpc) is 2.64. The summed E-state index contributed by atoms with van der Waals surface area (Å²) in [5.41, 5.74) is 1.75. The van der Waals surface area contributed by atoms with Gasteiger partial charge in [0.15, 0.2) is 0 Å². The molecule has 0 saturated heterocycles. The van der Waals surface area contributed by atoms with E-state index in [1.807, 2.05) is 0 Å². The number of halogens is 1. The number of hydrogen-bond donors (Lipinski definition) is 2. The zero-order valence-corrected chi connectivity index (χ0v) is 10.8. The van der Waals surface area contributed by atoms with Crippen molar-refractivity contribution in [2.24, 2.45) is 0 Å². The maximum atomic E-state index is 11.1. The first-order valence-corrected chi connectivity index (χ1v) is 5.95. The van der Waals surface area contributed by atoms with Crippen molar-refractivity contribution >= 4 is 34.2 Å². The lowest BCUT2D eigenvalue weighted by Gasteiger charge is -2.01. The summed E-state index contributed by atoms with van der Waals surface area (Å²) in [7, 11) is 0. The molecule has 0 amide bonds. The normalized spacial score (nSPS) is 10.8. The minimum atomic E-state index is -0.946. The van der Waals surface area contributed by atoms with Crippen LogP contribution in [0.5, 0.6) is 0 Å². The molecule has 19 heavy (non-hydrogen) atoms. The van der Waals surface area contributed by atoms with Gasteiger partial charge in [-0.3, -0.25) is 14.9 Å². The van der Waals surface area contributed by atoms with Crippen molar-refractivity contribution in [2.45, 2.75) is 19.8 Å². The highest BCUT2D eigenvalue weighted by Gasteiger charge is 2.21. The molecular formula is C12H11ClN2O4. The number of nitro benzene ring substituents is 1. The summed E-state index contributed by atoms with van der Waals surface area (Å²) in [6, 6.07) is 2.79. The number of nitro groups is 1. The number of carbonyl (C=O) groups is 1. The fraction of sp³-hybridized carbons (Fsp3) is 0.250. The Morgan fingerprint density at radius 2 is 2.21 bits per heavy atom. The monoisotopic (exact) mass is 282 g/mol. The van der Waals surface area contributed by atoms with Crippen LogP contribution in [0.1, 0.15) is 17.7 Å². The molecule has 0 saturated carbocycles. The van der Waals surface area contributed by atoms with E-state index in [0.29, 0.717) is 27.2 Å². The van der Waals surface area contributed by atoms with Crippen molar-refractivity contribution in [1.82, 2.24) is 4.98 Å². The first kappa shape index (κ1) is 13.4. The van der Waals surface area contributed by atoms with E-state index < -0.39 is 10.9 Å². The van der Waals surface area contributed by atoms with Crippen molar-refractivity contribution in [3.63, 3.8) is 0 Å². The van der Waals surface area contributed by atoms with Gasteiger partial charge in [-0.2, -0.15) is 0 Å². The molecule has 0 bridgehead atoms. The molecule has 2 aromatic rings. The number of hydrogen-bond acceptors (Lipinski definition) is 3. The van der Waals surface area contributed by atoms with Gasteiger partial charge >= 0.3 is 5.97 Å². The first-order chi connectivity index (χ1) is 8.91. The van der Waals surface area contributed by atoms with Gasteiger partial charge in [-0.1, -0.05) is 11.6 Å². The second-order valence-corrected chi connectivity index (χ2v) is 4.60. The Hall–Kier alpha value is -2.08. The molecule has 0 aliphatic carbocycles. The summed E-state index contributed by atoms with van der Waals surface area (Å²) < 4.78 is 0. The number of H-pyrrole nitrogens is 1. The number of benzene rings is 1. The maximum absolute atomic E-state index is 11.1. The number of rotatable bonds is 4. The Labute approximate surface area is 113 Å². The topological polar surface area (TPSA) is 96.2 Å². The number of fused-ring (bicyclic) bond motifs is 1. The molecule has 0 radical (unpaired) electrons. The molecule has 0 spiro atoms. The van der Waals surface area contributed by atoms with Crippen molar-refractivity contribution < 1.29 is 14.8 Å². The summed E-state index contributed by atoms with van der Waals surface area (Å²) in [6.45, 7) is 1.75. The van der Waals surface area contributed by atoms with E-state index in [-0.39, 0.29) is 18.5 Å². The number of carboxylic acid groups (broad SMARTS) is 1. The Balaban J connectivity index is 2.68. The molecule has 2 rings (SSSR count). The Kier molecular flexibility index (Phi) is 3.44. The number of aromatic amines is 1. The summed E-state index contributed by atoms with van der Waals surface area (Å²) in [5.74, 6) is -0.946. The van der Waals surface area contributed by atoms with Crippen LogP contribution in [0.4, 0.5) is 5.69 Å². The lowest BCUT2D eigenvalue weighted by atomic mass is 10.0. The van der Waals surface area contributed by atoms with Crippen LogP contribution in [0, 0.1) is 17.0 Å². The van der Waals surface area contributed by atoms with Gasteiger partial charge < -0.3 is 10.1 Å². The second-order valence-electron chi connectivity index (χ2n) is 4.20. The largest absolute Gasteiger partial charge is 0.481 e. The van der Waals surface area contributed by atoms with E-state index in [4.69, 9.17) is 16.7 Å². The standard InChI is InChI=1S/C12H11ClN2O4/c1-6-7(2-5-10(16)17)11-9(15(18)19)4-3-8(13)12(11)14-6/h3-4,14H,2,5H2,1H3,(H,16,17). The molecule has 0 atom stereocenters. The van der Waals surface area contributed by atoms with E-state index in [0.717, 1.165) is 0 Å². The highest BCUT2D eigenvalue weighted by Crippen LogP contribution is 2.35. The van der Waals surface area contributed by atoms with Gasteiger partial charge in [0.1, 0.15) is 0 Å². The molecule has 0 aliphatic rings. The van der Waals surface area contributed by atoms with E-state index in [1.165, 1.54) is 12.1 Å². The molecule has 0 aliphatic heterocycles. The molecule has 0 unspecified atom stereocenters. The van der Waals surface area contributed by atoms with Crippen LogP contribution in [-0.2, 0) is 11.2 Å². The molecule has 0 fully saturated rings. The van der Waals surface area contributed by atoms with Crippen molar-refractivity contribution in [2.75, 3.05) is 0 Å². The van der Waals surface area contributed by atoms with Crippen LogP contribution in [0.15, 0.2) is 12.1 Å². The summed E-state index contributed by atoms with van der Waals surface area (Å²) in [5, 5.41) is 20.6. The van der Waals surface area contributed by atoms with Crippen molar-refractivity contribution in [3.8, 4) is 0 Å². The molecule has 6 nitrogen and oxygen atoms in total. The lowest BCUT2D eigenvalue weighted by Crippen LogP contribution is -1.99. The van der Waals surface area contributed by atoms with E-state index >= 15 is 0 Å². The zero-order valence-electron chi connectivity index (χ0n) is 10.1. The maximum Gasteiger partial charge on any atom is 0.303 e. The number of aryl methyl sites for hydroxylation is 2. The third kappa shape index (κ3) is 2.39.